The third kappa shape index (κ3) is 4.78. The average molecular weight is 282 g/mol. The van der Waals surface area contributed by atoms with Crippen LogP contribution in [0.5, 0.6) is 5.75 Å². The second kappa shape index (κ2) is 7.43. The van der Waals surface area contributed by atoms with E-state index in [1.54, 1.807) is 24.3 Å². The van der Waals surface area contributed by atoms with E-state index in [9.17, 15) is 9.00 Å². The van der Waals surface area contributed by atoms with Gasteiger partial charge in [0.05, 0.1) is 12.4 Å². The van der Waals surface area contributed by atoms with Gasteiger partial charge in [-0.05, 0) is 37.1 Å². The summed E-state index contributed by atoms with van der Waals surface area (Å²) >= 11 is 0. The van der Waals surface area contributed by atoms with E-state index >= 15 is 0 Å². The second-order valence-electron chi connectivity index (χ2n) is 4.85. The molecule has 1 aromatic rings. The maximum absolute atomic E-state index is 12.0. The Bertz CT molecular complexity index is 437. The lowest BCUT2D eigenvalue weighted by Gasteiger charge is -2.14. The Morgan fingerprint density at radius 2 is 1.79 bits per heavy atom. The van der Waals surface area contributed by atoms with E-state index < -0.39 is 10.8 Å². The van der Waals surface area contributed by atoms with Gasteiger partial charge in [-0.2, -0.15) is 0 Å². The van der Waals surface area contributed by atoms with Crippen molar-refractivity contribution in [2.75, 3.05) is 12.4 Å². The smallest absolute Gasteiger partial charge is 0.175 e. The Balaban J connectivity index is 2.65. The minimum absolute atomic E-state index is 0.0339. The van der Waals surface area contributed by atoms with Gasteiger partial charge in [0.15, 0.2) is 5.78 Å². The molecule has 4 heteroatoms. The van der Waals surface area contributed by atoms with Crippen LogP contribution in [-0.2, 0) is 10.8 Å². The Morgan fingerprint density at radius 3 is 2.26 bits per heavy atom. The van der Waals surface area contributed by atoms with Crippen molar-refractivity contribution in [3.05, 3.63) is 29.8 Å². The Kier molecular flexibility index (Phi) is 6.22. The highest BCUT2D eigenvalue weighted by Gasteiger charge is 2.18. The first-order valence-electron chi connectivity index (χ1n) is 6.59. The molecule has 0 N–H and O–H groups in total. The first-order chi connectivity index (χ1) is 8.95. The highest BCUT2D eigenvalue weighted by molar-refractivity contribution is 7.86. The molecule has 0 aromatic heterocycles. The van der Waals surface area contributed by atoms with E-state index in [-0.39, 0.29) is 16.8 Å². The summed E-state index contributed by atoms with van der Waals surface area (Å²) in [6.07, 6.45) is 0. The first-order valence-corrected chi connectivity index (χ1v) is 7.97. The molecule has 0 saturated heterocycles. The van der Waals surface area contributed by atoms with Crippen LogP contribution in [-0.4, -0.2) is 27.6 Å². The Labute approximate surface area is 117 Å². The first kappa shape index (κ1) is 15.9. The number of ether oxygens (including phenoxy) is 1. The van der Waals surface area contributed by atoms with Gasteiger partial charge in [-0.25, -0.2) is 0 Å². The SMILES string of the molecule is CCOc1ccc(C(=O)CS(=O)C(C)C(C)C)cc1. The summed E-state index contributed by atoms with van der Waals surface area (Å²) in [5.41, 5.74) is 0.591. The molecule has 106 valence electrons. The molecule has 1 aromatic carbocycles. The number of carbonyl (C=O) groups is 1. The minimum Gasteiger partial charge on any atom is -0.494 e. The van der Waals surface area contributed by atoms with Crippen LogP contribution in [0.4, 0.5) is 0 Å². The molecule has 1 rings (SSSR count). The molecular weight excluding hydrogens is 260 g/mol. The molecule has 0 aliphatic heterocycles. The molecule has 2 unspecified atom stereocenters. The van der Waals surface area contributed by atoms with Crippen molar-refractivity contribution in [2.45, 2.75) is 32.9 Å². The molecular formula is C15H22O3S. The monoisotopic (exact) mass is 282 g/mol. The average Bonchev–Trinajstić information content (AvgIpc) is 2.38. The van der Waals surface area contributed by atoms with E-state index in [0.717, 1.165) is 5.75 Å². The fourth-order valence-electron chi connectivity index (χ4n) is 1.55. The summed E-state index contributed by atoms with van der Waals surface area (Å²) < 4.78 is 17.3. The topological polar surface area (TPSA) is 43.4 Å². The Hall–Kier alpha value is -1.16. The maximum atomic E-state index is 12.0. The highest BCUT2D eigenvalue weighted by atomic mass is 32.2. The second-order valence-corrected chi connectivity index (χ2v) is 6.65. The van der Waals surface area contributed by atoms with Gasteiger partial charge < -0.3 is 4.74 Å². The van der Waals surface area contributed by atoms with Crippen molar-refractivity contribution in [1.82, 2.24) is 0 Å². The standard InChI is InChI=1S/C15H22O3S/c1-5-18-14-8-6-13(7-9-14)15(16)10-19(17)12(4)11(2)3/h6-9,11-12H,5,10H2,1-4H3. The van der Waals surface area contributed by atoms with E-state index in [4.69, 9.17) is 4.74 Å². The zero-order valence-electron chi connectivity index (χ0n) is 12.0. The number of rotatable bonds is 7. The molecule has 0 aliphatic carbocycles. The molecule has 0 aliphatic rings. The lowest BCUT2D eigenvalue weighted by atomic mass is 10.1. The molecule has 3 nitrogen and oxygen atoms in total. The molecule has 2 atom stereocenters. The zero-order valence-corrected chi connectivity index (χ0v) is 12.8. The number of Topliss-reactive ketones (excluding diaryl/α,β-unsaturated/α-hetero) is 1. The van der Waals surface area contributed by atoms with Crippen molar-refractivity contribution in [1.29, 1.82) is 0 Å². The molecule has 0 saturated carbocycles. The van der Waals surface area contributed by atoms with Crippen molar-refractivity contribution < 1.29 is 13.7 Å². The third-order valence-electron chi connectivity index (χ3n) is 3.11. The van der Waals surface area contributed by atoms with Gasteiger partial charge >= 0.3 is 0 Å². The zero-order chi connectivity index (χ0) is 14.4. The normalized spacial score (nSPS) is 14.2. The summed E-state index contributed by atoms with van der Waals surface area (Å²) in [7, 11) is -1.12. The van der Waals surface area contributed by atoms with Crippen LogP contribution in [0.1, 0.15) is 38.1 Å². The Morgan fingerprint density at radius 1 is 1.21 bits per heavy atom. The van der Waals surface area contributed by atoms with Crippen LogP contribution >= 0.6 is 0 Å². The summed E-state index contributed by atoms with van der Waals surface area (Å²) in [4.78, 5) is 12.0. The van der Waals surface area contributed by atoms with Crippen LogP contribution in [0, 0.1) is 5.92 Å². The van der Waals surface area contributed by atoms with E-state index in [1.165, 1.54) is 0 Å². The predicted octanol–water partition coefficient (Wildman–Crippen LogP) is 3.06. The van der Waals surface area contributed by atoms with E-state index in [1.807, 2.05) is 27.7 Å². The van der Waals surface area contributed by atoms with Gasteiger partial charge in [0.2, 0.25) is 0 Å². The van der Waals surface area contributed by atoms with E-state index in [0.29, 0.717) is 18.1 Å². The molecule has 0 radical (unpaired) electrons. The molecule has 0 heterocycles. The van der Waals surface area contributed by atoms with Crippen LogP contribution < -0.4 is 4.74 Å². The van der Waals surface area contributed by atoms with Crippen molar-refractivity contribution in [3.8, 4) is 5.75 Å². The summed E-state index contributed by atoms with van der Waals surface area (Å²) in [5, 5.41) is 0.0339. The van der Waals surface area contributed by atoms with Crippen molar-refractivity contribution >= 4 is 16.6 Å². The quantitative estimate of drug-likeness (QED) is 0.722. The fourth-order valence-corrected chi connectivity index (χ4v) is 2.85. The van der Waals surface area contributed by atoms with Crippen LogP contribution in [0.25, 0.3) is 0 Å². The van der Waals surface area contributed by atoms with Gasteiger partial charge in [0, 0.05) is 21.6 Å². The molecule has 0 bridgehead atoms. The number of benzene rings is 1. The van der Waals surface area contributed by atoms with Crippen LogP contribution in [0.3, 0.4) is 0 Å². The highest BCUT2D eigenvalue weighted by Crippen LogP contribution is 2.14. The number of hydrogen-bond donors (Lipinski definition) is 0. The summed E-state index contributed by atoms with van der Waals surface area (Å²) in [6, 6.07) is 6.99. The number of ketones is 1. The molecule has 0 spiro atoms. The lowest BCUT2D eigenvalue weighted by Crippen LogP contribution is -2.24. The third-order valence-corrected chi connectivity index (χ3v) is 5.03. The number of carbonyl (C=O) groups excluding carboxylic acids is 1. The van der Waals surface area contributed by atoms with Gasteiger partial charge in [-0.1, -0.05) is 20.8 Å². The molecule has 0 fully saturated rings. The fraction of sp³-hybridized carbons (Fsp3) is 0.533. The van der Waals surface area contributed by atoms with Gasteiger partial charge in [-0.3, -0.25) is 9.00 Å². The maximum Gasteiger partial charge on any atom is 0.175 e. The number of hydrogen-bond acceptors (Lipinski definition) is 3. The molecule has 19 heavy (non-hydrogen) atoms. The largest absolute Gasteiger partial charge is 0.494 e. The summed E-state index contributed by atoms with van der Waals surface area (Å²) in [6.45, 7) is 8.47. The van der Waals surface area contributed by atoms with Crippen molar-refractivity contribution in [2.24, 2.45) is 5.92 Å². The lowest BCUT2D eigenvalue weighted by molar-refractivity contribution is 0.102. The van der Waals surface area contributed by atoms with Crippen LogP contribution in [0.15, 0.2) is 24.3 Å². The van der Waals surface area contributed by atoms with Crippen LogP contribution in [0.2, 0.25) is 0 Å². The van der Waals surface area contributed by atoms with Crippen molar-refractivity contribution in [3.63, 3.8) is 0 Å². The molecule has 0 amide bonds. The predicted molar refractivity (Wildman–Crippen MR) is 79.3 cm³/mol. The van der Waals surface area contributed by atoms with Gasteiger partial charge in [0.1, 0.15) is 5.75 Å². The van der Waals surface area contributed by atoms with Gasteiger partial charge in [-0.15, -0.1) is 0 Å². The minimum atomic E-state index is -1.12. The van der Waals surface area contributed by atoms with Gasteiger partial charge in [0.25, 0.3) is 0 Å². The van der Waals surface area contributed by atoms with E-state index in [2.05, 4.69) is 0 Å². The summed E-state index contributed by atoms with van der Waals surface area (Å²) in [5.74, 6) is 1.08.